The second kappa shape index (κ2) is 12.0. The third-order valence-corrected chi connectivity index (χ3v) is 8.26. The number of thiazole rings is 1. The molecule has 0 aliphatic carbocycles. The summed E-state index contributed by atoms with van der Waals surface area (Å²) in [5, 5.41) is 9.81. The number of Topliss-reactive ketones (excluding diaryl/α,β-unsaturated/α-hetero) is 1. The van der Waals surface area contributed by atoms with Crippen LogP contribution in [-0.2, 0) is 9.59 Å². The Morgan fingerprint density at radius 1 is 1.05 bits per heavy atom. The number of amides is 3. The maximum absolute atomic E-state index is 13.7. The molecule has 0 saturated carbocycles. The minimum absolute atomic E-state index is 0.0270. The number of benzene rings is 2. The standard InChI is InChI=1S/C30H33N5O4S/c1-17(2)15-23(34-29(39)24-16-19-7-3-4-8-20(19)32-24)28(38)33-22(12-11-18-13-14-31-27(18)37)26(36)30-35-21-9-5-6-10-25(21)40-30/h3-10,16-18,22-23,32H,11-15H2,1-2H3,(H,31,37)(H,33,38)(H,34,39)/t18-,22+,23+/m1/s1. The van der Waals surface area contributed by atoms with Crippen LogP contribution in [0.5, 0.6) is 0 Å². The highest BCUT2D eigenvalue weighted by molar-refractivity contribution is 7.20. The van der Waals surface area contributed by atoms with Gasteiger partial charge >= 0.3 is 0 Å². The second-order valence-corrected chi connectivity index (χ2v) is 11.7. The molecule has 0 unspecified atom stereocenters. The molecule has 1 saturated heterocycles. The number of hydrogen-bond acceptors (Lipinski definition) is 6. The Morgan fingerprint density at radius 3 is 2.55 bits per heavy atom. The molecule has 3 atom stereocenters. The van der Waals surface area contributed by atoms with E-state index in [-0.39, 0.29) is 23.5 Å². The topological polar surface area (TPSA) is 133 Å². The van der Waals surface area contributed by atoms with Crippen molar-refractivity contribution in [2.24, 2.45) is 11.8 Å². The Bertz CT molecular complexity index is 1490. The zero-order valence-corrected chi connectivity index (χ0v) is 23.3. The third kappa shape index (κ3) is 6.22. The predicted molar refractivity (Wildman–Crippen MR) is 155 cm³/mol. The quantitative estimate of drug-likeness (QED) is 0.204. The molecule has 3 amide bonds. The van der Waals surface area contributed by atoms with E-state index in [0.717, 1.165) is 21.1 Å². The molecular formula is C30H33N5O4S. The smallest absolute Gasteiger partial charge is 0.268 e. The maximum Gasteiger partial charge on any atom is 0.268 e. The minimum atomic E-state index is -0.874. The number of aromatic nitrogens is 2. The van der Waals surface area contributed by atoms with Gasteiger partial charge in [0, 0.05) is 23.4 Å². The van der Waals surface area contributed by atoms with E-state index in [1.165, 1.54) is 11.3 Å². The summed E-state index contributed by atoms with van der Waals surface area (Å²) in [5.74, 6) is -1.24. The van der Waals surface area contributed by atoms with E-state index in [4.69, 9.17) is 0 Å². The summed E-state index contributed by atoms with van der Waals surface area (Å²) in [6.45, 7) is 4.55. The van der Waals surface area contributed by atoms with Gasteiger partial charge in [0.1, 0.15) is 11.7 Å². The van der Waals surface area contributed by atoms with Crippen LogP contribution in [0.25, 0.3) is 21.1 Å². The lowest BCUT2D eigenvalue weighted by Gasteiger charge is -2.24. The summed E-state index contributed by atoms with van der Waals surface area (Å²) < 4.78 is 0.884. The number of rotatable bonds is 11. The van der Waals surface area contributed by atoms with Crippen LogP contribution in [0, 0.1) is 11.8 Å². The Kier molecular flexibility index (Phi) is 8.25. The van der Waals surface area contributed by atoms with E-state index in [1.807, 2.05) is 62.4 Å². The summed E-state index contributed by atoms with van der Waals surface area (Å²) in [6.07, 6.45) is 1.85. The van der Waals surface area contributed by atoms with E-state index in [9.17, 15) is 19.2 Å². The first kappa shape index (κ1) is 27.5. The largest absolute Gasteiger partial charge is 0.356 e. The highest BCUT2D eigenvalue weighted by Crippen LogP contribution is 2.25. The van der Waals surface area contributed by atoms with Gasteiger partial charge in [0.25, 0.3) is 5.91 Å². The van der Waals surface area contributed by atoms with Crippen LogP contribution < -0.4 is 16.0 Å². The van der Waals surface area contributed by atoms with Crippen molar-refractivity contribution in [2.75, 3.05) is 6.54 Å². The van der Waals surface area contributed by atoms with Crippen molar-refractivity contribution < 1.29 is 19.2 Å². The fraction of sp³-hybridized carbons (Fsp3) is 0.367. The van der Waals surface area contributed by atoms with Crippen LogP contribution in [-0.4, -0.2) is 52.1 Å². The molecule has 2 aromatic carbocycles. The number of H-pyrrole nitrogens is 1. The van der Waals surface area contributed by atoms with Crippen molar-refractivity contribution in [1.82, 2.24) is 25.9 Å². The van der Waals surface area contributed by atoms with Gasteiger partial charge in [-0.2, -0.15) is 0 Å². The highest BCUT2D eigenvalue weighted by Gasteiger charge is 2.32. The van der Waals surface area contributed by atoms with Gasteiger partial charge in [-0.05, 0) is 55.9 Å². The molecule has 0 radical (unpaired) electrons. The molecule has 1 aliphatic heterocycles. The Labute approximate surface area is 236 Å². The van der Waals surface area contributed by atoms with E-state index in [2.05, 4.69) is 25.9 Å². The predicted octanol–water partition coefficient (Wildman–Crippen LogP) is 4.21. The van der Waals surface area contributed by atoms with E-state index in [1.54, 1.807) is 6.07 Å². The highest BCUT2D eigenvalue weighted by atomic mass is 32.1. The summed E-state index contributed by atoms with van der Waals surface area (Å²) in [7, 11) is 0. The zero-order valence-electron chi connectivity index (χ0n) is 22.5. The van der Waals surface area contributed by atoms with Crippen LogP contribution in [0.4, 0.5) is 0 Å². The summed E-state index contributed by atoms with van der Waals surface area (Å²) >= 11 is 1.28. The second-order valence-electron chi connectivity index (χ2n) is 10.7. The molecule has 1 aliphatic rings. The van der Waals surface area contributed by atoms with Gasteiger partial charge in [0.15, 0.2) is 5.01 Å². The molecular weight excluding hydrogens is 526 g/mol. The Hall–Kier alpha value is -4.05. The maximum atomic E-state index is 13.7. The van der Waals surface area contributed by atoms with Crippen LogP contribution in [0.15, 0.2) is 54.6 Å². The van der Waals surface area contributed by atoms with Crippen molar-refractivity contribution in [3.63, 3.8) is 0 Å². The molecule has 4 aromatic rings. The number of fused-ring (bicyclic) bond motifs is 2. The first-order valence-corrected chi connectivity index (χ1v) is 14.5. The van der Waals surface area contributed by atoms with E-state index in [0.29, 0.717) is 42.9 Å². The third-order valence-electron chi connectivity index (χ3n) is 7.21. The molecule has 5 rings (SSSR count). The first-order chi connectivity index (χ1) is 19.3. The summed E-state index contributed by atoms with van der Waals surface area (Å²) in [6, 6.07) is 15.1. The normalized spacial score (nSPS) is 16.7. The number of ketones is 1. The number of nitrogens with one attached hydrogen (secondary N) is 4. The Morgan fingerprint density at radius 2 is 1.82 bits per heavy atom. The average Bonchev–Trinajstić information content (AvgIpc) is 3.67. The number of aromatic amines is 1. The van der Waals surface area contributed by atoms with E-state index >= 15 is 0 Å². The average molecular weight is 560 g/mol. The fourth-order valence-corrected chi connectivity index (χ4v) is 6.05. The van der Waals surface area contributed by atoms with Gasteiger partial charge in [-0.1, -0.05) is 44.2 Å². The van der Waals surface area contributed by atoms with Gasteiger partial charge in [0.2, 0.25) is 17.6 Å². The van der Waals surface area contributed by atoms with Gasteiger partial charge < -0.3 is 20.9 Å². The number of carbonyl (C=O) groups excluding carboxylic acids is 4. The molecule has 0 bridgehead atoms. The number of nitrogens with zero attached hydrogens (tertiary/aromatic N) is 1. The van der Waals surface area contributed by atoms with Gasteiger partial charge in [-0.3, -0.25) is 19.2 Å². The Balaban J connectivity index is 1.35. The van der Waals surface area contributed by atoms with Crippen molar-refractivity contribution in [2.45, 2.75) is 51.6 Å². The number of para-hydroxylation sites is 2. The van der Waals surface area contributed by atoms with Gasteiger partial charge in [0.05, 0.1) is 16.3 Å². The van der Waals surface area contributed by atoms with Crippen molar-refractivity contribution in [1.29, 1.82) is 0 Å². The lowest BCUT2D eigenvalue weighted by atomic mass is 9.96. The van der Waals surface area contributed by atoms with E-state index < -0.39 is 23.9 Å². The lowest BCUT2D eigenvalue weighted by Crippen LogP contribution is -2.52. The summed E-state index contributed by atoms with van der Waals surface area (Å²) in [4.78, 5) is 60.2. The molecule has 9 nitrogen and oxygen atoms in total. The van der Waals surface area contributed by atoms with Crippen molar-refractivity contribution >= 4 is 56.0 Å². The molecule has 4 N–H and O–H groups in total. The SMILES string of the molecule is CC(C)C[C@H](NC(=O)c1cc2ccccc2[nH]1)C(=O)N[C@@H](CC[C@@H]1CCNC1=O)C(=O)c1nc2ccccc2s1. The molecule has 0 spiro atoms. The molecule has 1 fully saturated rings. The number of hydrogen-bond donors (Lipinski definition) is 4. The monoisotopic (exact) mass is 559 g/mol. The molecule has 208 valence electrons. The van der Waals surface area contributed by atoms with Crippen LogP contribution in [0.3, 0.4) is 0 Å². The van der Waals surface area contributed by atoms with Crippen LogP contribution >= 0.6 is 11.3 Å². The van der Waals surface area contributed by atoms with Crippen molar-refractivity contribution in [3.05, 3.63) is 65.3 Å². The van der Waals surface area contributed by atoms with Gasteiger partial charge in [-0.25, -0.2) is 4.98 Å². The van der Waals surface area contributed by atoms with Crippen molar-refractivity contribution in [3.8, 4) is 0 Å². The minimum Gasteiger partial charge on any atom is -0.356 e. The lowest BCUT2D eigenvalue weighted by molar-refractivity contribution is -0.123. The fourth-order valence-electron chi connectivity index (χ4n) is 5.09. The molecule has 10 heteroatoms. The molecule has 3 heterocycles. The summed E-state index contributed by atoms with van der Waals surface area (Å²) in [5.41, 5.74) is 1.91. The van der Waals surface area contributed by atoms with Crippen LogP contribution in [0.2, 0.25) is 0 Å². The first-order valence-electron chi connectivity index (χ1n) is 13.6. The zero-order chi connectivity index (χ0) is 28.2. The van der Waals surface area contributed by atoms with Crippen LogP contribution in [0.1, 0.15) is 59.8 Å². The molecule has 40 heavy (non-hydrogen) atoms. The molecule has 2 aromatic heterocycles. The van der Waals surface area contributed by atoms with Gasteiger partial charge in [-0.15, -0.1) is 11.3 Å². The number of carbonyl (C=O) groups is 4.